The second-order valence-corrected chi connectivity index (χ2v) is 5.30. The SMILES string of the molecule is CCCNC(Cc1cn(C)nn1)c1c(C)nn(C)c1C. The normalized spacial score (nSPS) is 12.8. The second-order valence-electron chi connectivity index (χ2n) is 5.30. The molecule has 1 N–H and O–H groups in total. The van der Waals surface area contributed by atoms with Crippen molar-refractivity contribution in [1.82, 2.24) is 30.1 Å². The number of rotatable bonds is 6. The van der Waals surface area contributed by atoms with Crippen LogP contribution in [-0.4, -0.2) is 31.3 Å². The summed E-state index contributed by atoms with van der Waals surface area (Å²) >= 11 is 0. The Balaban J connectivity index is 2.26. The highest BCUT2D eigenvalue weighted by Gasteiger charge is 2.21. The number of aromatic nitrogens is 5. The Morgan fingerprint density at radius 2 is 2.05 bits per heavy atom. The molecule has 110 valence electrons. The van der Waals surface area contributed by atoms with E-state index in [1.165, 1.54) is 11.3 Å². The van der Waals surface area contributed by atoms with Crippen LogP contribution < -0.4 is 5.32 Å². The van der Waals surface area contributed by atoms with E-state index in [4.69, 9.17) is 0 Å². The van der Waals surface area contributed by atoms with Gasteiger partial charge in [-0.15, -0.1) is 5.10 Å². The lowest BCUT2D eigenvalue weighted by atomic mass is 10.00. The van der Waals surface area contributed by atoms with Gasteiger partial charge in [0.05, 0.1) is 11.4 Å². The van der Waals surface area contributed by atoms with Gasteiger partial charge >= 0.3 is 0 Å². The maximum Gasteiger partial charge on any atom is 0.0846 e. The van der Waals surface area contributed by atoms with E-state index in [0.717, 1.165) is 30.8 Å². The first-order valence-electron chi connectivity index (χ1n) is 7.11. The summed E-state index contributed by atoms with van der Waals surface area (Å²) in [4.78, 5) is 0. The van der Waals surface area contributed by atoms with Gasteiger partial charge in [0.25, 0.3) is 0 Å². The van der Waals surface area contributed by atoms with Crippen molar-refractivity contribution < 1.29 is 0 Å². The Morgan fingerprint density at radius 3 is 2.55 bits per heavy atom. The molecule has 0 amide bonds. The first-order valence-corrected chi connectivity index (χ1v) is 7.11. The monoisotopic (exact) mass is 276 g/mol. The summed E-state index contributed by atoms with van der Waals surface area (Å²) in [6.45, 7) is 7.35. The standard InChI is InChI=1S/C14H24N6/c1-6-7-15-13(8-12-9-19(4)18-16-12)14-10(2)17-20(5)11(14)3/h9,13,15H,6-8H2,1-5H3. The molecule has 0 bridgehead atoms. The van der Waals surface area contributed by atoms with E-state index >= 15 is 0 Å². The molecule has 1 unspecified atom stereocenters. The molecule has 0 fully saturated rings. The van der Waals surface area contributed by atoms with Crippen LogP contribution in [0.5, 0.6) is 0 Å². The van der Waals surface area contributed by atoms with Crippen molar-refractivity contribution in [1.29, 1.82) is 0 Å². The predicted molar refractivity (Wildman–Crippen MR) is 78.4 cm³/mol. The van der Waals surface area contributed by atoms with Crippen LogP contribution in [0, 0.1) is 13.8 Å². The summed E-state index contributed by atoms with van der Waals surface area (Å²) in [6.07, 6.45) is 3.91. The summed E-state index contributed by atoms with van der Waals surface area (Å²) in [6, 6.07) is 0.236. The Morgan fingerprint density at radius 1 is 1.30 bits per heavy atom. The van der Waals surface area contributed by atoms with E-state index in [0.29, 0.717) is 0 Å². The van der Waals surface area contributed by atoms with Crippen molar-refractivity contribution >= 4 is 0 Å². The molecule has 6 nitrogen and oxygen atoms in total. The summed E-state index contributed by atoms with van der Waals surface area (Å²) < 4.78 is 3.69. The third-order valence-corrected chi connectivity index (χ3v) is 3.62. The molecular weight excluding hydrogens is 252 g/mol. The van der Waals surface area contributed by atoms with Crippen molar-refractivity contribution in [3.05, 3.63) is 28.8 Å². The van der Waals surface area contributed by atoms with Gasteiger partial charge in [0.1, 0.15) is 0 Å². The van der Waals surface area contributed by atoms with Crippen LogP contribution in [0.4, 0.5) is 0 Å². The van der Waals surface area contributed by atoms with E-state index in [9.17, 15) is 0 Å². The van der Waals surface area contributed by atoms with Gasteiger partial charge in [0, 0.05) is 44.0 Å². The third kappa shape index (κ3) is 3.07. The number of nitrogens with zero attached hydrogens (tertiary/aromatic N) is 5. The lowest BCUT2D eigenvalue weighted by Gasteiger charge is -2.18. The highest BCUT2D eigenvalue weighted by Crippen LogP contribution is 2.24. The molecule has 0 spiro atoms. The number of hydrogen-bond donors (Lipinski definition) is 1. The summed E-state index contributed by atoms with van der Waals surface area (Å²) in [5.41, 5.74) is 4.58. The molecule has 2 aromatic rings. The van der Waals surface area contributed by atoms with Crippen LogP contribution in [0.2, 0.25) is 0 Å². The Hall–Kier alpha value is -1.69. The lowest BCUT2D eigenvalue weighted by Crippen LogP contribution is -2.25. The maximum absolute atomic E-state index is 4.52. The largest absolute Gasteiger partial charge is 0.309 e. The molecule has 1 atom stereocenters. The van der Waals surface area contributed by atoms with Gasteiger partial charge in [0.2, 0.25) is 0 Å². The van der Waals surface area contributed by atoms with Crippen LogP contribution in [0.25, 0.3) is 0 Å². The zero-order chi connectivity index (χ0) is 14.7. The summed E-state index contributed by atoms with van der Waals surface area (Å²) in [5, 5.41) is 16.3. The van der Waals surface area contributed by atoms with Gasteiger partial charge in [-0.1, -0.05) is 12.1 Å². The first-order chi connectivity index (χ1) is 9.52. The first kappa shape index (κ1) is 14.7. The van der Waals surface area contributed by atoms with Gasteiger partial charge in [-0.05, 0) is 26.8 Å². The predicted octanol–water partition coefficient (Wildman–Crippen LogP) is 1.45. The van der Waals surface area contributed by atoms with Crippen molar-refractivity contribution in [3.8, 4) is 0 Å². The maximum atomic E-state index is 4.52. The molecule has 2 rings (SSSR count). The minimum absolute atomic E-state index is 0.236. The Bertz CT molecular complexity index is 568. The van der Waals surface area contributed by atoms with E-state index in [1.807, 2.05) is 25.0 Å². The number of hydrogen-bond acceptors (Lipinski definition) is 4. The van der Waals surface area contributed by atoms with E-state index in [-0.39, 0.29) is 6.04 Å². The highest BCUT2D eigenvalue weighted by molar-refractivity contribution is 5.29. The van der Waals surface area contributed by atoms with Gasteiger partial charge in [-0.2, -0.15) is 5.10 Å². The molecule has 0 radical (unpaired) electrons. The molecule has 0 aliphatic carbocycles. The molecule has 20 heavy (non-hydrogen) atoms. The minimum atomic E-state index is 0.236. The fourth-order valence-electron chi connectivity index (χ4n) is 2.59. The molecule has 6 heteroatoms. The average molecular weight is 276 g/mol. The smallest absolute Gasteiger partial charge is 0.0846 e. The van der Waals surface area contributed by atoms with Crippen LogP contribution in [0.1, 0.15) is 42.0 Å². The second kappa shape index (κ2) is 6.17. The Kier molecular flexibility index (Phi) is 4.54. The molecule has 2 aromatic heterocycles. The van der Waals surface area contributed by atoms with Crippen molar-refractivity contribution in [2.75, 3.05) is 6.54 Å². The number of aryl methyl sites for hydroxylation is 3. The zero-order valence-electron chi connectivity index (χ0n) is 13.0. The molecular formula is C14H24N6. The van der Waals surface area contributed by atoms with Gasteiger partial charge in [-0.3, -0.25) is 9.36 Å². The third-order valence-electron chi connectivity index (χ3n) is 3.62. The molecule has 0 aliphatic heterocycles. The molecule has 0 aliphatic rings. The fraction of sp³-hybridized carbons (Fsp3) is 0.643. The highest BCUT2D eigenvalue weighted by atomic mass is 15.4. The van der Waals surface area contributed by atoms with Crippen molar-refractivity contribution in [2.24, 2.45) is 14.1 Å². The van der Waals surface area contributed by atoms with Crippen LogP contribution in [-0.2, 0) is 20.5 Å². The average Bonchev–Trinajstić information content (AvgIpc) is 2.90. The lowest BCUT2D eigenvalue weighted by molar-refractivity contribution is 0.519. The molecule has 0 aromatic carbocycles. The summed E-state index contributed by atoms with van der Waals surface area (Å²) in [5.74, 6) is 0. The van der Waals surface area contributed by atoms with Gasteiger partial charge in [0.15, 0.2) is 0 Å². The Labute approximate surface area is 120 Å². The van der Waals surface area contributed by atoms with Crippen LogP contribution >= 0.6 is 0 Å². The van der Waals surface area contributed by atoms with Crippen molar-refractivity contribution in [3.63, 3.8) is 0 Å². The summed E-state index contributed by atoms with van der Waals surface area (Å²) in [7, 11) is 3.89. The van der Waals surface area contributed by atoms with Crippen molar-refractivity contribution in [2.45, 2.75) is 39.7 Å². The van der Waals surface area contributed by atoms with E-state index in [1.54, 1.807) is 4.68 Å². The van der Waals surface area contributed by atoms with Gasteiger partial charge in [-0.25, -0.2) is 0 Å². The zero-order valence-corrected chi connectivity index (χ0v) is 13.0. The van der Waals surface area contributed by atoms with Gasteiger partial charge < -0.3 is 5.32 Å². The molecule has 0 saturated heterocycles. The van der Waals surface area contributed by atoms with Crippen LogP contribution in [0.15, 0.2) is 6.20 Å². The molecule has 2 heterocycles. The molecule has 0 saturated carbocycles. The van der Waals surface area contributed by atoms with E-state index < -0.39 is 0 Å². The minimum Gasteiger partial charge on any atom is -0.309 e. The topological polar surface area (TPSA) is 60.6 Å². The van der Waals surface area contributed by atoms with E-state index in [2.05, 4.69) is 41.5 Å². The quantitative estimate of drug-likeness (QED) is 0.867. The fourth-order valence-corrected chi connectivity index (χ4v) is 2.59. The number of nitrogens with one attached hydrogen (secondary N) is 1. The van der Waals surface area contributed by atoms with Crippen LogP contribution in [0.3, 0.4) is 0 Å².